The van der Waals surface area contributed by atoms with Crippen LogP contribution in [0.1, 0.15) is 58.2 Å². The Balaban J connectivity index is 1.45. The van der Waals surface area contributed by atoms with Crippen LogP contribution >= 0.6 is 0 Å². The number of rotatable bonds is 11. The number of carbonyl (C=O) groups excluding carboxylic acids is 1. The second-order valence-electron chi connectivity index (χ2n) is 9.61. The molecule has 0 fully saturated rings. The van der Waals surface area contributed by atoms with E-state index >= 15 is 0 Å². The third kappa shape index (κ3) is 7.63. The first-order valence-electron chi connectivity index (χ1n) is 12.9. The summed E-state index contributed by atoms with van der Waals surface area (Å²) in [5, 5.41) is 7.70. The van der Waals surface area contributed by atoms with Crippen molar-refractivity contribution >= 4 is 5.97 Å². The first kappa shape index (κ1) is 29.6. The lowest BCUT2D eigenvalue weighted by Crippen LogP contribution is -2.19. The van der Waals surface area contributed by atoms with E-state index in [0.717, 1.165) is 22.4 Å². The normalized spacial score (nSPS) is 11.5. The molecule has 0 radical (unpaired) electrons. The Morgan fingerprint density at radius 1 is 1.05 bits per heavy atom. The molecule has 0 saturated heterocycles. The van der Waals surface area contributed by atoms with Crippen molar-refractivity contribution in [2.45, 2.75) is 52.7 Å². The van der Waals surface area contributed by atoms with Crippen LogP contribution in [-0.2, 0) is 24.4 Å². The molecule has 4 rings (SSSR count). The molecule has 0 unspecified atom stereocenters. The van der Waals surface area contributed by atoms with Gasteiger partial charge in [0.25, 0.3) is 0 Å². The van der Waals surface area contributed by atoms with Crippen LogP contribution in [0, 0.1) is 6.92 Å². The van der Waals surface area contributed by atoms with E-state index in [9.17, 15) is 18.0 Å². The van der Waals surface area contributed by atoms with Crippen molar-refractivity contribution in [1.29, 1.82) is 0 Å². The Bertz CT molecular complexity index is 1500. The average molecular weight is 569 g/mol. The van der Waals surface area contributed by atoms with Crippen molar-refractivity contribution in [1.82, 2.24) is 20.1 Å². The van der Waals surface area contributed by atoms with Crippen LogP contribution in [0.15, 0.2) is 66.9 Å². The van der Waals surface area contributed by atoms with Gasteiger partial charge >= 0.3 is 12.3 Å². The number of ether oxygens (including phenoxy) is 3. The van der Waals surface area contributed by atoms with Crippen LogP contribution in [0.4, 0.5) is 13.2 Å². The molecule has 0 saturated carbocycles. The zero-order valence-corrected chi connectivity index (χ0v) is 23.2. The van der Waals surface area contributed by atoms with Crippen LogP contribution in [0.3, 0.4) is 0 Å². The molecule has 2 aromatic carbocycles. The largest absolute Gasteiger partial charge is 0.573 e. The van der Waals surface area contributed by atoms with E-state index in [-0.39, 0.29) is 29.9 Å². The van der Waals surface area contributed by atoms with Gasteiger partial charge < -0.3 is 19.5 Å². The van der Waals surface area contributed by atoms with Crippen LogP contribution in [-0.4, -0.2) is 34.2 Å². The molecule has 0 bridgehead atoms. The number of nitrogens with one attached hydrogen (secondary N) is 1. The number of methoxy groups -OCH3 is 1. The molecule has 1 N–H and O–H groups in total. The first-order chi connectivity index (χ1) is 19.6. The van der Waals surface area contributed by atoms with Crippen molar-refractivity contribution in [2.75, 3.05) is 7.11 Å². The molecule has 8 nitrogen and oxygen atoms in total. The minimum absolute atomic E-state index is 0.0361. The molecule has 4 aromatic rings. The zero-order chi connectivity index (χ0) is 29.6. The van der Waals surface area contributed by atoms with Crippen molar-refractivity contribution in [3.63, 3.8) is 0 Å². The maximum Gasteiger partial charge on any atom is 0.573 e. The number of aryl methyl sites for hydroxylation is 1. The van der Waals surface area contributed by atoms with E-state index in [4.69, 9.17) is 9.47 Å². The Kier molecular flexibility index (Phi) is 9.28. The molecular weight excluding hydrogens is 537 g/mol. The summed E-state index contributed by atoms with van der Waals surface area (Å²) in [5.74, 6) is -0.318. The molecule has 0 aliphatic heterocycles. The number of pyridine rings is 1. The van der Waals surface area contributed by atoms with Gasteiger partial charge in [-0.15, -0.1) is 13.2 Å². The second kappa shape index (κ2) is 12.9. The molecule has 0 amide bonds. The van der Waals surface area contributed by atoms with Crippen molar-refractivity contribution in [3.05, 3.63) is 101 Å². The third-order valence-corrected chi connectivity index (χ3v) is 6.36. The zero-order valence-electron chi connectivity index (χ0n) is 23.2. The van der Waals surface area contributed by atoms with Gasteiger partial charge in [-0.25, -0.2) is 14.5 Å². The Labute approximate surface area is 236 Å². The molecule has 0 aliphatic rings. The van der Waals surface area contributed by atoms with E-state index in [1.54, 1.807) is 36.5 Å². The van der Waals surface area contributed by atoms with Gasteiger partial charge in [0.2, 0.25) is 5.88 Å². The monoisotopic (exact) mass is 568 g/mol. The molecule has 0 atom stereocenters. The first-order valence-corrected chi connectivity index (χ1v) is 12.9. The number of alkyl halides is 3. The number of aromatic nitrogens is 3. The lowest BCUT2D eigenvalue weighted by Gasteiger charge is -2.16. The summed E-state index contributed by atoms with van der Waals surface area (Å²) in [7, 11) is 1.35. The number of hydrogen-bond donors (Lipinski definition) is 1. The van der Waals surface area contributed by atoms with E-state index in [2.05, 4.69) is 20.1 Å². The summed E-state index contributed by atoms with van der Waals surface area (Å²) in [6, 6.07) is 16.7. The Morgan fingerprint density at radius 2 is 1.83 bits per heavy atom. The SMILES string of the molecule is COC(=O)c1cccc(CNCc2ccc(OCc3c(C(C)C)cnn3-c3ccccc3OC(F)(F)F)nc2C)c1. The molecule has 0 spiro atoms. The highest BCUT2D eigenvalue weighted by Gasteiger charge is 2.32. The van der Waals surface area contributed by atoms with Crippen molar-refractivity contribution in [3.8, 4) is 17.3 Å². The molecular formula is C30H31F3N4O4. The molecule has 0 aliphatic carbocycles. The van der Waals surface area contributed by atoms with Gasteiger partial charge in [0, 0.05) is 24.8 Å². The fraction of sp³-hybridized carbons (Fsp3) is 0.300. The number of hydrogen-bond acceptors (Lipinski definition) is 7. The predicted octanol–water partition coefficient (Wildman–Crippen LogP) is 6.25. The van der Waals surface area contributed by atoms with Gasteiger partial charge in [-0.3, -0.25) is 0 Å². The minimum atomic E-state index is -4.84. The summed E-state index contributed by atoms with van der Waals surface area (Å²) in [4.78, 5) is 16.3. The van der Waals surface area contributed by atoms with Crippen LogP contribution in [0.25, 0.3) is 5.69 Å². The van der Waals surface area contributed by atoms with Gasteiger partial charge in [-0.1, -0.05) is 44.2 Å². The number of para-hydroxylation sites is 2. The average Bonchev–Trinajstić information content (AvgIpc) is 3.36. The molecule has 41 heavy (non-hydrogen) atoms. The minimum Gasteiger partial charge on any atom is -0.471 e. The van der Waals surface area contributed by atoms with Gasteiger partial charge in [0.15, 0.2) is 5.75 Å². The fourth-order valence-corrected chi connectivity index (χ4v) is 4.31. The lowest BCUT2D eigenvalue weighted by atomic mass is 10.0. The van der Waals surface area contributed by atoms with Crippen LogP contribution in [0.5, 0.6) is 11.6 Å². The smallest absolute Gasteiger partial charge is 0.471 e. The predicted molar refractivity (Wildman–Crippen MR) is 146 cm³/mol. The highest BCUT2D eigenvalue weighted by molar-refractivity contribution is 5.89. The number of carbonyl (C=O) groups is 1. The molecule has 2 aromatic heterocycles. The summed E-state index contributed by atoms with van der Waals surface area (Å²) in [6.07, 6.45) is -3.21. The molecule has 2 heterocycles. The van der Waals surface area contributed by atoms with E-state index in [1.807, 2.05) is 32.9 Å². The van der Waals surface area contributed by atoms with Crippen LogP contribution in [0.2, 0.25) is 0 Å². The van der Waals surface area contributed by atoms with Crippen LogP contribution < -0.4 is 14.8 Å². The van der Waals surface area contributed by atoms with Gasteiger partial charge in [-0.2, -0.15) is 5.10 Å². The van der Waals surface area contributed by atoms with Gasteiger partial charge in [-0.05, 0) is 53.8 Å². The van der Waals surface area contributed by atoms with E-state index < -0.39 is 6.36 Å². The number of nitrogens with zero attached hydrogens (tertiary/aromatic N) is 3. The highest BCUT2D eigenvalue weighted by Crippen LogP contribution is 2.31. The Morgan fingerprint density at radius 3 is 2.54 bits per heavy atom. The maximum absolute atomic E-state index is 13.0. The number of benzene rings is 2. The third-order valence-electron chi connectivity index (χ3n) is 6.36. The number of esters is 1. The highest BCUT2D eigenvalue weighted by atomic mass is 19.4. The second-order valence-corrected chi connectivity index (χ2v) is 9.61. The molecule has 216 valence electrons. The maximum atomic E-state index is 13.0. The summed E-state index contributed by atoms with van der Waals surface area (Å²) >= 11 is 0. The lowest BCUT2D eigenvalue weighted by molar-refractivity contribution is -0.274. The summed E-state index contributed by atoms with van der Waals surface area (Å²) < 4.78 is 55.5. The standard InChI is InChI=1S/C30H31F3N4O4/c1-19(2)24-17-35-37(25-10-5-6-11-27(25)41-30(31,32)33)26(24)18-40-28-13-12-23(20(3)36-28)16-34-15-21-8-7-9-22(14-21)29(38)39-4/h5-14,17,19,34H,15-16,18H2,1-4H3. The van der Waals surface area contributed by atoms with Gasteiger partial charge in [0.1, 0.15) is 12.3 Å². The van der Waals surface area contributed by atoms with Crippen molar-refractivity contribution in [2.24, 2.45) is 0 Å². The molecule has 11 heteroatoms. The Hall–Kier alpha value is -4.38. The van der Waals surface area contributed by atoms with E-state index in [1.165, 1.54) is 30.0 Å². The topological polar surface area (TPSA) is 87.5 Å². The van der Waals surface area contributed by atoms with Gasteiger partial charge in [0.05, 0.1) is 24.6 Å². The quantitative estimate of drug-likeness (QED) is 0.214. The summed E-state index contributed by atoms with van der Waals surface area (Å²) in [6.45, 7) is 6.94. The number of halogens is 3. The fourth-order valence-electron chi connectivity index (χ4n) is 4.31. The van der Waals surface area contributed by atoms with E-state index in [0.29, 0.717) is 30.2 Å². The summed E-state index contributed by atoms with van der Waals surface area (Å²) in [5.41, 5.74) is 4.74. The van der Waals surface area contributed by atoms with Crippen molar-refractivity contribution < 1.29 is 32.2 Å².